The molecule has 0 aliphatic carbocycles. The maximum Gasteiger partial charge on any atom is 0.408 e. The normalized spacial score (nSPS) is 18.2. The number of rotatable bonds is 1. The van der Waals surface area contributed by atoms with Crippen LogP contribution in [0.1, 0.15) is 32.8 Å². The van der Waals surface area contributed by atoms with Crippen LogP contribution in [0.15, 0.2) is 18.2 Å². The molecule has 21 heavy (non-hydrogen) atoms. The van der Waals surface area contributed by atoms with Crippen LogP contribution in [0.3, 0.4) is 0 Å². The zero-order valence-corrected chi connectivity index (χ0v) is 12.9. The third-order valence-electron chi connectivity index (χ3n) is 3.23. The van der Waals surface area contributed by atoms with Gasteiger partial charge in [-0.15, -0.1) is 0 Å². The first-order chi connectivity index (χ1) is 9.74. The summed E-state index contributed by atoms with van der Waals surface area (Å²) in [4.78, 5) is 24.0. The summed E-state index contributed by atoms with van der Waals surface area (Å²) in [6.45, 7) is 5.37. The average Bonchev–Trinajstić information content (AvgIpc) is 2.48. The molecule has 0 aromatic heterocycles. The van der Waals surface area contributed by atoms with Gasteiger partial charge in [0, 0.05) is 5.69 Å². The standard InChI is InChI=1S/C15H21BN2O3/c1-15(2,3)21-14(20)18-12-6-4-9-8-10(16)5-7-11(9)17-13(12)19/h5,7-8,12H,4,6,16H2,1-3H3,(H,17,19)(H,18,20). The van der Waals surface area contributed by atoms with Gasteiger partial charge in [-0.1, -0.05) is 17.6 Å². The molecule has 2 rings (SSSR count). The molecule has 1 heterocycles. The summed E-state index contributed by atoms with van der Waals surface area (Å²) in [5.41, 5.74) is 2.49. The largest absolute Gasteiger partial charge is 0.444 e. The molecule has 1 aliphatic heterocycles. The van der Waals surface area contributed by atoms with Crippen LogP contribution in [-0.2, 0) is 16.0 Å². The third kappa shape index (κ3) is 4.24. The van der Waals surface area contributed by atoms with Gasteiger partial charge in [0.25, 0.3) is 0 Å². The Hall–Kier alpha value is -1.98. The van der Waals surface area contributed by atoms with E-state index in [-0.39, 0.29) is 5.91 Å². The monoisotopic (exact) mass is 288 g/mol. The van der Waals surface area contributed by atoms with Crippen LogP contribution in [0.25, 0.3) is 0 Å². The quantitative estimate of drug-likeness (QED) is 0.748. The van der Waals surface area contributed by atoms with Gasteiger partial charge in [0.15, 0.2) is 0 Å². The molecule has 1 atom stereocenters. The van der Waals surface area contributed by atoms with Crippen molar-refractivity contribution in [1.29, 1.82) is 0 Å². The summed E-state index contributed by atoms with van der Waals surface area (Å²) in [5.74, 6) is -0.205. The molecule has 1 aromatic rings. The van der Waals surface area contributed by atoms with E-state index in [1.54, 1.807) is 20.8 Å². The minimum Gasteiger partial charge on any atom is -0.444 e. The molecular formula is C15H21BN2O3. The van der Waals surface area contributed by atoms with Crippen molar-refractivity contribution < 1.29 is 14.3 Å². The van der Waals surface area contributed by atoms with Crippen molar-refractivity contribution in [2.24, 2.45) is 0 Å². The Balaban J connectivity index is 2.05. The maximum atomic E-state index is 12.2. The van der Waals surface area contributed by atoms with E-state index in [1.807, 2.05) is 20.0 Å². The van der Waals surface area contributed by atoms with Gasteiger partial charge in [-0.2, -0.15) is 0 Å². The Labute approximate surface area is 125 Å². The number of nitrogens with one attached hydrogen (secondary N) is 2. The van der Waals surface area contributed by atoms with E-state index < -0.39 is 17.7 Å². The van der Waals surface area contributed by atoms with E-state index in [2.05, 4.69) is 16.7 Å². The molecule has 0 saturated heterocycles. The summed E-state index contributed by atoms with van der Waals surface area (Å²) in [7, 11) is 2.02. The first kappa shape index (κ1) is 15.4. The summed E-state index contributed by atoms with van der Waals surface area (Å²) in [5, 5.41) is 5.50. The van der Waals surface area contributed by atoms with Crippen LogP contribution in [0.5, 0.6) is 0 Å². The van der Waals surface area contributed by atoms with Crippen molar-refractivity contribution >= 4 is 31.0 Å². The molecule has 112 valence electrons. The second kappa shape index (κ2) is 5.80. The van der Waals surface area contributed by atoms with Gasteiger partial charge >= 0.3 is 6.09 Å². The predicted molar refractivity (Wildman–Crippen MR) is 84.7 cm³/mol. The minimum absolute atomic E-state index is 0.205. The number of anilines is 1. The molecule has 0 bridgehead atoms. The number of hydrogen-bond donors (Lipinski definition) is 2. The lowest BCUT2D eigenvalue weighted by Gasteiger charge is -2.22. The first-order valence-corrected chi connectivity index (χ1v) is 7.14. The smallest absolute Gasteiger partial charge is 0.408 e. The number of fused-ring (bicyclic) bond motifs is 1. The van der Waals surface area contributed by atoms with Crippen molar-refractivity contribution in [3.05, 3.63) is 23.8 Å². The molecule has 1 aromatic carbocycles. The molecule has 6 heteroatoms. The minimum atomic E-state index is -0.578. The predicted octanol–water partition coefficient (Wildman–Crippen LogP) is 0.723. The Bertz CT molecular complexity index is 567. The van der Waals surface area contributed by atoms with Gasteiger partial charge in [-0.3, -0.25) is 4.79 Å². The van der Waals surface area contributed by atoms with Crippen LogP contribution in [0.2, 0.25) is 0 Å². The van der Waals surface area contributed by atoms with Crippen LogP contribution in [0, 0.1) is 0 Å². The summed E-state index contributed by atoms with van der Waals surface area (Å²) >= 11 is 0. The average molecular weight is 288 g/mol. The van der Waals surface area contributed by atoms with Crippen molar-refractivity contribution in [1.82, 2.24) is 5.32 Å². The molecule has 0 radical (unpaired) electrons. The summed E-state index contributed by atoms with van der Waals surface area (Å²) in [6.07, 6.45) is 0.724. The second-order valence-corrected chi connectivity index (χ2v) is 6.39. The SMILES string of the molecule is Bc1ccc2c(c1)CCC(NC(=O)OC(C)(C)C)C(=O)N2. The highest BCUT2D eigenvalue weighted by molar-refractivity contribution is 6.32. The van der Waals surface area contributed by atoms with Crippen LogP contribution in [-0.4, -0.2) is 31.5 Å². The van der Waals surface area contributed by atoms with E-state index in [1.165, 1.54) is 0 Å². The summed E-state index contributed by atoms with van der Waals surface area (Å²) < 4.78 is 5.20. The van der Waals surface area contributed by atoms with Gasteiger partial charge < -0.3 is 15.4 Å². The van der Waals surface area contributed by atoms with Crippen molar-refractivity contribution in [3.8, 4) is 0 Å². The fourth-order valence-corrected chi connectivity index (χ4v) is 2.29. The first-order valence-electron chi connectivity index (χ1n) is 7.14. The Morgan fingerprint density at radius 1 is 1.43 bits per heavy atom. The number of carbonyl (C=O) groups is 2. The maximum absolute atomic E-state index is 12.2. The lowest BCUT2D eigenvalue weighted by Crippen LogP contribution is -2.45. The molecule has 1 unspecified atom stereocenters. The zero-order chi connectivity index (χ0) is 15.6. The van der Waals surface area contributed by atoms with E-state index in [0.29, 0.717) is 6.42 Å². The Morgan fingerprint density at radius 3 is 2.81 bits per heavy atom. The number of alkyl carbamates (subject to hydrolysis) is 1. The Morgan fingerprint density at radius 2 is 2.14 bits per heavy atom. The number of ether oxygens (including phenoxy) is 1. The van der Waals surface area contributed by atoms with Gasteiger partial charge in [-0.25, -0.2) is 4.79 Å². The van der Waals surface area contributed by atoms with Crippen LogP contribution >= 0.6 is 0 Å². The number of aryl methyl sites for hydroxylation is 1. The zero-order valence-electron chi connectivity index (χ0n) is 12.9. The molecule has 2 N–H and O–H groups in total. The van der Waals surface area contributed by atoms with Crippen LogP contribution in [0.4, 0.5) is 10.5 Å². The molecule has 2 amide bonds. The third-order valence-corrected chi connectivity index (χ3v) is 3.23. The lowest BCUT2D eigenvalue weighted by molar-refractivity contribution is -0.118. The van der Waals surface area contributed by atoms with E-state index in [0.717, 1.165) is 23.1 Å². The van der Waals surface area contributed by atoms with Crippen molar-refractivity contribution in [3.63, 3.8) is 0 Å². The molecule has 0 spiro atoms. The van der Waals surface area contributed by atoms with Gasteiger partial charge in [0.2, 0.25) is 5.91 Å². The fraction of sp³-hybridized carbons (Fsp3) is 0.467. The van der Waals surface area contributed by atoms with Gasteiger partial charge in [-0.05, 0) is 45.2 Å². The molecule has 5 nitrogen and oxygen atoms in total. The number of benzene rings is 1. The van der Waals surface area contributed by atoms with Crippen LogP contribution < -0.4 is 16.1 Å². The highest BCUT2D eigenvalue weighted by Gasteiger charge is 2.27. The van der Waals surface area contributed by atoms with Gasteiger partial charge in [0.1, 0.15) is 19.5 Å². The topological polar surface area (TPSA) is 67.4 Å². The number of hydrogen-bond acceptors (Lipinski definition) is 3. The molecule has 0 fully saturated rings. The van der Waals surface area contributed by atoms with E-state index in [9.17, 15) is 9.59 Å². The van der Waals surface area contributed by atoms with E-state index in [4.69, 9.17) is 4.74 Å². The van der Waals surface area contributed by atoms with E-state index >= 15 is 0 Å². The summed E-state index contributed by atoms with van der Waals surface area (Å²) in [6, 6.07) is 5.34. The Kier molecular flexibility index (Phi) is 4.25. The number of amides is 2. The van der Waals surface area contributed by atoms with Crippen molar-refractivity contribution in [2.75, 3.05) is 5.32 Å². The van der Waals surface area contributed by atoms with Gasteiger partial charge in [0.05, 0.1) is 0 Å². The molecular weight excluding hydrogens is 267 g/mol. The lowest BCUT2D eigenvalue weighted by atomic mass is 9.92. The fourth-order valence-electron chi connectivity index (χ4n) is 2.29. The molecule has 0 saturated carbocycles. The van der Waals surface area contributed by atoms with Crippen molar-refractivity contribution in [2.45, 2.75) is 45.3 Å². The molecule has 1 aliphatic rings. The second-order valence-electron chi connectivity index (χ2n) is 6.39. The highest BCUT2D eigenvalue weighted by Crippen LogP contribution is 2.21. The highest BCUT2D eigenvalue weighted by atomic mass is 16.6. The number of carbonyl (C=O) groups excluding carboxylic acids is 2.